The van der Waals surface area contributed by atoms with Crippen LogP contribution in [0.2, 0.25) is 5.02 Å². The highest BCUT2D eigenvalue weighted by Crippen LogP contribution is 2.13. The Bertz CT molecular complexity index is 540. The monoisotopic (exact) mass is 288 g/mol. The highest BCUT2D eigenvalue weighted by molar-refractivity contribution is 6.30. The van der Waals surface area contributed by atoms with E-state index < -0.39 is 0 Å². The average molecular weight is 289 g/mol. The number of carbonyl (C=O) groups excluding carboxylic acids is 1. The SMILES string of the molecule is O=C(NCCCc1ccccc1)Nc1ccc(Cl)cc1. The van der Waals surface area contributed by atoms with Gasteiger partial charge in [-0.25, -0.2) is 4.79 Å². The molecule has 0 saturated carbocycles. The summed E-state index contributed by atoms with van der Waals surface area (Å²) in [6.07, 6.45) is 1.88. The van der Waals surface area contributed by atoms with Gasteiger partial charge in [-0.15, -0.1) is 0 Å². The van der Waals surface area contributed by atoms with E-state index in [0.29, 0.717) is 11.6 Å². The molecule has 2 N–H and O–H groups in total. The predicted octanol–water partition coefficient (Wildman–Crippen LogP) is 4.09. The zero-order chi connectivity index (χ0) is 14.2. The molecule has 2 amide bonds. The quantitative estimate of drug-likeness (QED) is 0.799. The first-order valence-electron chi connectivity index (χ1n) is 6.58. The second-order valence-electron chi connectivity index (χ2n) is 4.48. The Morgan fingerprint density at radius 3 is 2.40 bits per heavy atom. The van der Waals surface area contributed by atoms with Gasteiger partial charge in [-0.05, 0) is 42.7 Å². The van der Waals surface area contributed by atoms with Crippen molar-refractivity contribution in [3.63, 3.8) is 0 Å². The number of hydrogen-bond acceptors (Lipinski definition) is 1. The first-order chi connectivity index (χ1) is 9.74. The molecule has 4 heteroatoms. The lowest BCUT2D eigenvalue weighted by molar-refractivity contribution is 0.252. The highest BCUT2D eigenvalue weighted by Gasteiger charge is 2.00. The molecule has 0 saturated heterocycles. The number of nitrogens with one attached hydrogen (secondary N) is 2. The van der Waals surface area contributed by atoms with Crippen molar-refractivity contribution >= 4 is 23.3 Å². The molecule has 0 aromatic heterocycles. The predicted molar refractivity (Wildman–Crippen MR) is 83.2 cm³/mol. The Balaban J connectivity index is 1.66. The molecule has 0 atom stereocenters. The molecule has 0 aliphatic heterocycles. The molecule has 0 fully saturated rings. The van der Waals surface area contributed by atoms with E-state index >= 15 is 0 Å². The minimum absolute atomic E-state index is 0.194. The van der Waals surface area contributed by atoms with E-state index in [0.717, 1.165) is 18.5 Å². The van der Waals surface area contributed by atoms with E-state index in [1.54, 1.807) is 24.3 Å². The van der Waals surface area contributed by atoms with Gasteiger partial charge < -0.3 is 10.6 Å². The fraction of sp³-hybridized carbons (Fsp3) is 0.188. The van der Waals surface area contributed by atoms with Gasteiger partial charge in [-0.2, -0.15) is 0 Å². The van der Waals surface area contributed by atoms with Crippen LogP contribution in [0.25, 0.3) is 0 Å². The standard InChI is InChI=1S/C16H17ClN2O/c17-14-8-10-15(11-9-14)19-16(20)18-12-4-7-13-5-2-1-3-6-13/h1-3,5-6,8-11H,4,7,12H2,(H2,18,19,20). The Morgan fingerprint density at radius 2 is 1.70 bits per heavy atom. The van der Waals surface area contributed by atoms with Gasteiger partial charge in [0.25, 0.3) is 0 Å². The normalized spacial score (nSPS) is 10.1. The van der Waals surface area contributed by atoms with Crippen molar-refractivity contribution in [3.8, 4) is 0 Å². The van der Waals surface area contributed by atoms with E-state index in [2.05, 4.69) is 22.8 Å². The Morgan fingerprint density at radius 1 is 1.00 bits per heavy atom. The molecule has 2 rings (SSSR count). The van der Waals surface area contributed by atoms with Crippen molar-refractivity contribution in [1.82, 2.24) is 5.32 Å². The van der Waals surface area contributed by atoms with E-state index in [9.17, 15) is 4.79 Å². The summed E-state index contributed by atoms with van der Waals surface area (Å²) in [4.78, 5) is 11.7. The molecule has 0 spiro atoms. The number of carbonyl (C=O) groups is 1. The maximum absolute atomic E-state index is 11.7. The summed E-state index contributed by atoms with van der Waals surface area (Å²) in [6.45, 7) is 0.647. The second kappa shape index (κ2) is 7.56. The first kappa shape index (κ1) is 14.4. The lowest BCUT2D eigenvalue weighted by Gasteiger charge is -2.07. The molecular formula is C16H17ClN2O. The fourth-order valence-corrected chi connectivity index (χ4v) is 1.97. The number of benzene rings is 2. The molecule has 20 heavy (non-hydrogen) atoms. The van der Waals surface area contributed by atoms with Crippen LogP contribution >= 0.6 is 11.6 Å². The molecule has 0 heterocycles. The number of urea groups is 1. The van der Waals surface area contributed by atoms with E-state index in [1.807, 2.05) is 18.2 Å². The summed E-state index contributed by atoms with van der Waals surface area (Å²) in [5.41, 5.74) is 2.02. The minimum atomic E-state index is -0.194. The first-order valence-corrected chi connectivity index (χ1v) is 6.96. The third-order valence-corrected chi connectivity index (χ3v) is 3.12. The van der Waals surface area contributed by atoms with Crippen LogP contribution in [0.3, 0.4) is 0 Å². The lowest BCUT2D eigenvalue weighted by Crippen LogP contribution is -2.29. The van der Waals surface area contributed by atoms with Crippen LogP contribution in [-0.2, 0) is 6.42 Å². The lowest BCUT2D eigenvalue weighted by atomic mass is 10.1. The largest absolute Gasteiger partial charge is 0.338 e. The third-order valence-electron chi connectivity index (χ3n) is 2.87. The summed E-state index contributed by atoms with van der Waals surface area (Å²) >= 11 is 5.78. The van der Waals surface area contributed by atoms with Crippen LogP contribution in [-0.4, -0.2) is 12.6 Å². The maximum Gasteiger partial charge on any atom is 0.319 e. The van der Waals surface area contributed by atoms with Crippen LogP contribution in [0.1, 0.15) is 12.0 Å². The van der Waals surface area contributed by atoms with Gasteiger partial charge in [0.1, 0.15) is 0 Å². The number of halogens is 1. The van der Waals surface area contributed by atoms with Crippen LogP contribution < -0.4 is 10.6 Å². The smallest absolute Gasteiger partial charge is 0.319 e. The Kier molecular flexibility index (Phi) is 5.44. The molecule has 3 nitrogen and oxygen atoms in total. The number of rotatable bonds is 5. The van der Waals surface area contributed by atoms with Crippen LogP contribution in [0.15, 0.2) is 54.6 Å². The van der Waals surface area contributed by atoms with Gasteiger partial charge >= 0.3 is 6.03 Å². The molecule has 0 aliphatic carbocycles. The van der Waals surface area contributed by atoms with Gasteiger partial charge in [-0.3, -0.25) is 0 Å². The van der Waals surface area contributed by atoms with E-state index in [4.69, 9.17) is 11.6 Å². The number of aryl methyl sites for hydroxylation is 1. The van der Waals surface area contributed by atoms with Gasteiger partial charge in [-0.1, -0.05) is 41.9 Å². The van der Waals surface area contributed by atoms with Crippen molar-refractivity contribution in [3.05, 3.63) is 65.2 Å². The van der Waals surface area contributed by atoms with Crippen molar-refractivity contribution in [2.24, 2.45) is 0 Å². The molecule has 2 aromatic rings. The van der Waals surface area contributed by atoms with Crippen LogP contribution in [0, 0.1) is 0 Å². The highest BCUT2D eigenvalue weighted by atomic mass is 35.5. The summed E-state index contributed by atoms with van der Waals surface area (Å²) in [6, 6.07) is 17.1. The molecule has 0 radical (unpaired) electrons. The van der Waals surface area contributed by atoms with Gasteiger partial charge in [0, 0.05) is 17.3 Å². The zero-order valence-corrected chi connectivity index (χ0v) is 11.9. The van der Waals surface area contributed by atoms with Gasteiger partial charge in [0.15, 0.2) is 0 Å². The maximum atomic E-state index is 11.7. The molecule has 104 valence electrons. The Hall–Kier alpha value is -2.00. The van der Waals surface area contributed by atoms with Gasteiger partial charge in [0.05, 0.1) is 0 Å². The molecule has 0 aliphatic rings. The van der Waals surface area contributed by atoms with Crippen molar-refractivity contribution in [2.45, 2.75) is 12.8 Å². The average Bonchev–Trinajstić information content (AvgIpc) is 2.47. The molecule has 0 bridgehead atoms. The topological polar surface area (TPSA) is 41.1 Å². The van der Waals surface area contributed by atoms with E-state index in [-0.39, 0.29) is 6.03 Å². The van der Waals surface area contributed by atoms with Crippen molar-refractivity contribution in [2.75, 3.05) is 11.9 Å². The fourth-order valence-electron chi connectivity index (χ4n) is 1.85. The Labute approximate surface area is 124 Å². The second-order valence-corrected chi connectivity index (χ2v) is 4.91. The molecule has 0 unspecified atom stereocenters. The van der Waals surface area contributed by atoms with Crippen LogP contribution in [0.4, 0.5) is 10.5 Å². The number of amides is 2. The van der Waals surface area contributed by atoms with Gasteiger partial charge in [0.2, 0.25) is 0 Å². The van der Waals surface area contributed by atoms with Crippen LogP contribution in [0.5, 0.6) is 0 Å². The summed E-state index contributed by atoms with van der Waals surface area (Å²) < 4.78 is 0. The summed E-state index contributed by atoms with van der Waals surface area (Å²) in [5, 5.41) is 6.24. The van der Waals surface area contributed by atoms with E-state index in [1.165, 1.54) is 5.56 Å². The van der Waals surface area contributed by atoms with Crippen molar-refractivity contribution < 1.29 is 4.79 Å². The molecular weight excluding hydrogens is 272 g/mol. The number of hydrogen-bond donors (Lipinski definition) is 2. The summed E-state index contributed by atoms with van der Waals surface area (Å²) in [7, 11) is 0. The minimum Gasteiger partial charge on any atom is -0.338 e. The summed E-state index contributed by atoms with van der Waals surface area (Å²) in [5.74, 6) is 0. The third kappa shape index (κ3) is 4.94. The molecule has 2 aromatic carbocycles. The van der Waals surface area contributed by atoms with Crippen molar-refractivity contribution in [1.29, 1.82) is 0 Å². The number of anilines is 1. The zero-order valence-electron chi connectivity index (χ0n) is 11.1.